The Hall–Kier alpha value is -2.36. The molecule has 0 atom stereocenters. The van der Waals surface area contributed by atoms with Crippen molar-refractivity contribution in [3.8, 4) is 0 Å². The molecule has 2 N–H and O–H groups in total. The summed E-state index contributed by atoms with van der Waals surface area (Å²) in [6, 6.07) is 9.62. The Labute approximate surface area is 117 Å². The Morgan fingerprint density at radius 2 is 2.05 bits per heavy atom. The van der Waals surface area contributed by atoms with Gasteiger partial charge in [-0.15, -0.1) is 0 Å². The van der Waals surface area contributed by atoms with Crippen LogP contribution in [0.15, 0.2) is 36.5 Å². The molecule has 0 fully saturated rings. The standard InChI is InChI=1S/C16H16N2O2/c19-16(20)15-10-12(8-9-17-15)18-14-7-3-5-11-4-1-2-6-13(11)14/h3,5,7-10H,1-2,4,6H2,(H,17,18)(H,19,20). The SMILES string of the molecule is O=C(O)c1cc(Nc2cccc3c2CCCC3)ccn1. The zero-order valence-electron chi connectivity index (χ0n) is 11.1. The molecule has 1 heterocycles. The van der Waals surface area contributed by atoms with E-state index in [9.17, 15) is 4.79 Å². The lowest BCUT2D eigenvalue weighted by molar-refractivity contribution is 0.0690. The Bertz CT molecular complexity index is 653. The molecular formula is C16H16N2O2. The minimum absolute atomic E-state index is 0.0554. The first kappa shape index (κ1) is 12.7. The summed E-state index contributed by atoms with van der Waals surface area (Å²) in [5, 5.41) is 12.3. The second-order valence-electron chi connectivity index (χ2n) is 5.01. The molecule has 1 aliphatic carbocycles. The smallest absolute Gasteiger partial charge is 0.354 e. The number of hydrogen-bond acceptors (Lipinski definition) is 3. The number of fused-ring (bicyclic) bond motifs is 1. The summed E-state index contributed by atoms with van der Waals surface area (Å²) < 4.78 is 0. The normalized spacial score (nSPS) is 13.6. The molecule has 4 nitrogen and oxygen atoms in total. The average molecular weight is 268 g/mol. The van der Waals surface area contributed by atoms with Gasteiger partial charge in [0, 0.05) is 17.6 Å². The fourth-order valence-corrected chi connectivity index (χ4v) is 2.68. The summed E-state index contributed by atoms with van der Waals surface area (Å²) in [7, 11) is 0. The molecule has 2 aromatic rings. The van der Waals surface area contributed by atoms with Crippen LogP contribution in [0.2, 0.25) is 0 Å². The van der Waals surface area contributed by atoms with E-state index in [1.54, 1.807) is 12.1 Å². The molecule has 0 amide bonds. The fraction of sp³-hybridized carbons (Fsp3) is 0.250. The third-order valence-corrected chi connectivity index (χ3v) is 3.65. The quantitative estimate of drug-likeness (QED) is 0.895. The average Bonchev–Trinajstić information content (AvgIpc) is 2.48. The van der Waals surface area contributed by atoms with E-state index in [1.807, 2.05) is 12.1 Å². The molecule has 1 aliphatic rings. The van der Waals surface area contributed by atoms with Crippen molar-refractivity contribution >= 4 is 17.3 Å². The van der Waals surface area contributed by atoms with Crippen molar-refractivity contribution < 1.29 is 9.90 Å². The number of nitrogens with one attached hydrogen (secondary N) is 1. The van der Waals surface area contributed by atoms with Gasteiger partial charge in [0.1, 0.15) is 5.69 Å². The van der Waals surface area contributed by atoms with Gasteiger partial charge in [-0.3, -0.25) is 0 Å². The van der Waals surface area contributed by atoms with Gasteiger partial charge < -0.3 is 10.4 Å². The molecule has 0 radical (unpaired) electrons. The van der Waals surface area contributed by atoms with Crippen molar-refractivity contribution in [3.63, 3.8) is 0 Å². The van der Waals surface area contributed by atoms with E-state index >= 15 is 0 Å². The van der Waals surface area contributed by atoms with Gasteiger partial charge in [-0.2, -0.15) is 0 Å². The number of carboxylic acids is 1. The zero-order valence-corrected chi connectivity index (χ0v) is 11.1. The van der Waals surface area contributed by atoms with Crippen molar-refractivity contribution in [2.24, 2.45) is 0 Å². The predicted molar refractivity (Wildman–Crippen MR) is 77.6 cm³/mol. The lowest BCUT2D eigenvalue weighted by Gasteiger charge is -2.20. The first-order valence-electron chi connectivity index (χ1n) is 6.81. The maximum Gasteiger partial charge on any atom is 0.354 e. The van der Waals surface area contributed by atoms with Crippen LogP contribution in [-0.2, 0) is 12.8 Å². The number of pyridine rings is 1. The van der Waals surface area contributed by atoms with E-state index in [2.05, 4.69) is 16.4 Å². The van der Waals surface area contributed by atoms with Gasteiger partial charge >= 0.3 is 5.97 Å². The third-order valence-electron chi connectivity index (χ3n) is 3.65. The molecule has 0 bridgehead atoms. The van der Waals surface area contributed by atoms with Gasteiger partial charge in [0.25, 0.3) is 0 Å². The van der Waals surface area contributed by atoms with Crippen LogP contribution in [0.4, 0.5) is 11.4 Å². The highest BCUT2D eigenvalue weighted by atomic mass is 16.4. The number of rotatable bonds is 3. The van der Waals surface area contributed by atoms with Crippen molar-refractivity contribution in [3.05, 3.63) is 53.3 Å². The number of hydrogen-bond donors (Lipinski definition) is 2. The van der Waals surface area contributed by atoms with Crippen LogP contribution >= 0.6 is 0 Å². The number of benzene rings is 1. The van der Waals surface area contributed by atoms with E-state index in [-0.39, 0.29) is 5.69 Å². The Morgan fingerprint density at radius 1 is 1.20 bits per heavy atom. The largest absolute Gasteiger partial charge is 0.477 e. The summed E-state index contributed by atoms with van der Waals surface area (Å²) in [5.41, 5.74) is 4.64. The van der Waals surface area contributed by atoms with Crippen molar-refractivity contribution in [2.75, 3.05) is 5.32 Å². The molecule has 1 aromatic heterocycles. The van der Waals surface area contributed by atoms with Crippen molar-refractivity contribution in [2.45, 2.75) is 25.7 Å². The Kier molecular flexibility index (Phi) is 3.37. The van der Waals surface area contributed by atoms with Gasteiger partial charge in [0.05, 0.1) is 0 Å². The zero-order chi connectivity index (χ0) is 13.9. The minimum atomic E-state index is -1.01. The van der Waals surface area contributed by atoms with Crippen molar-refractivity contribution in [1.82, 2.24) is 4.98 Å². The van der Waals surface area contributed by atoms with E-state index < -0.39 is 5.97 Å². The van der Waals surface area contributed by atoms with E-state index in [4.69, 9.17) is 5.11 Å². The third kappa shape index (κ3) is 2.50. The first-order valence-corrected chi connectivity index (χ1v) is 6.81. The van der Waals surface area contributed by atoms with Crippen LogP contribution in [-0.4, -0.2) is 16.1 Å². The summed E-state index contributed by atoms with van der Waals surface area (Å²) in [4.78, 5) is 14.8. The monoisotopic (exact) mass is 268 g/mol. The maximum atomic E-state index is 10.9. The highest BCUT2D eigenvalue weighted by Gasteiger charge is 2.13. The molecule has 0 aliphatic heterocycles. The van der Waals surface area contributed by atoms with Crippen LogP contribution in [0.25, 0.3) is 0 Å². The number of aromatic carboxylic acids is 1. The lowest BCUT2D eigenvalue weighted by Crippen LogP contribution is -2.07. The summed E-state index contributed by atoms with van der Waals surface area (Å²) >= 11 is 0. The van der Waals surface area contributed by atoms with Crippen LogP contribution in [0, 0.1) is 0 Å². The van der Waals surface area contributed by atoms with Gasteiger partial charge in [-0.05, 0) is 55.0 Å². The molecule has 1 aromatic carbocycles. The molecule has 0 saturated heterocycles. The minimum Gasteiger partial charge on any atom is -0.477 e. The van der Waals surface area contributed by atoms with Gasteiger partial charge in [-0.25, -0.2) is 9.78 Å². The number of aromatic nitrogens is 1. The van der Waals surface area contributed by atoms with Crippen molar-refractivity contribution in [1.29, 1.82) is 0 Å². The van der Waals surface area contributed by atoms with Crippen LogP contribution in [0.1, 0.15) is 34.5 Å². The Balaban J connectivity index is 1.91. The van der Waals surface area contributed by atoms with E-state index in [0.29, 0.717) is 0 Å². The maximum absolute atomic E-state index is 10.9. The fourth-order valence-electron chi connectivity index (χ4n) is 2.68. The molecule has 3 rings (SSSR count). The summed E-state index contributed by atoms with van der Waals surface area (Å²) in [6.45, 7) is 0. The topological polar surface area (TPSA) is 62.2 Å². The second kappa shape index (κ2) is 5.33. The summed E-state index contributed by atoms with van der Waals surface area (Å²) in [5.74, 6) is -1.01. The number of nitrogens with zero attached hydrogens (tertiary/aromatic N) is 1. The molecule has 0 unspecified atom stereocenters. The molecule has 0 saturated carbocycles. The molecule has 20 heavy (non-hydrogen) atoms. The highest BCUT2D eigenvalue weighted by molar-refractivity contribution is 5.86. The predicted octanol–water partition coefficient (Wildman–Crippen LogP) is 3.40. The molecule has 4 heteroatoms. The second-order valence-corrected chi connectivity index (χ2v) is 5.01. The first-order chi connectivity index (χ1) is 9.74. The van der Waals surface area contributed by atoms with E-state index in [0.717, 1.165) is 24.2 Å². The number of carbonyl (C=O) groups is 1. The lowest BCUT2D eigenvalue weighted by atomic mass is 9.90. The van der Waals surface area contributed by atoms with Crippen LogP contribution < -0.4 is 5.32 Å². The van der Waals surface area contributed by atoms with E-state index in [1.165, 1.54) is 30.2 Å². The van der Waals surface area contributed by atoms with Crippen LogP contribution in [0.3, 0.4) is 0 Å². The molecule has 102 valence electrons. The number of aryl methyl sites for hydroxylation is 1. The van der Waals surface area contributed by atoms with Crippen LogP contribution in [0.5, 0.6) is 0 Å². The number of carboxylic acid groups (broad SMARTS) is 1. The van der Waals surface area contributed by atoms with Gasteiger partial charge in [0.15, 0.2) is 0 Å². The molecular weight excluding hydrogens is 252 g/mol. The number of anilines is 2. The molecule has 0 spiro atoms. The highest BCUT2D eigenvalue weighted by Crippen LogP contribution is 2.29. The van der Waals surface area contributed by atoms with Gasteiger partial charge in [-0.1, -0.05) is 12.1 Å². The Morgan fingerprint density at radius 3 is 2.90 bits per heavy atom. The van der Waals surface area contributed by atoms with Gasteiger partial charge in [0.2, 0.25) is 0 Å². The summed E-state index contributed by atoms with van der Waals surface area (Å²) in [6.07, 6.45) is 6.18.